The fourth-order valence-electron chi connectivity index (χ4n) is 1.18. The van der Waals surface area contributed by atoms with Crippen molar-refractivity contribution in [3.05, 3.63) is 0 Å². The van der Waals surface area contributed by atoms with Crippen LogP contribution in [-0.2, 0) is 4.79 Å². The summed E-state index contributed by atoms with van der Waals surface area (Å²) in [5.41, 5.74) is 0. The van der Waals surface area contributed by atoms with Crippen LogP contribution in [0.25, 0.3) is 0 Å². The predicted octanol–water partition coefficient (Wildman–Crippen LogP) is 0.704. The van der Waals surface area contributed by atoms with Gasteiger partial charge in [-0.2, -0.15) is 0 Å². The number of aliphatic hydroxyl groups is 1. The average molecular weight is 187 g/mol. The van der Waals surface area contributed by atoms with Crippen LogP contribution >= 0.6 is 0 Å². The molecule has 0 fully saturated rings. The maximum atomic E-state index is 10.3. The molecule has 0 heterocycles. The molecule has 0 aromatic carbocycles. The number of carboxylic acids is 1. The monoisotopic (exact) mass is 187 g/mol. The molecule has 2 atom stereocenters. The second-order valence-corrected chi connectivity index (χ2v) is 3.71. The Morgan fingerprint density at radius 3 is 2.23 bits per heavy atom. The van der Waals surface area contributed by atoms with Crippen LogP contribution < -0.4 is 5.11 Å². The van der Waals surface area contributed by atoms with Crippen molar-refractivity contribution >= 4 is 5.97 Å². The summed E-state index contributed by atoms with van der Waals surface area (Å²) in [6.07, 6.45) is 4.11. The molecule has 3 nitrogen and oxygen atoms in total. The summed E-state index contributed by atoms with van der Waals surface area (Å²) >= 11 is 0. The fourth-order valence-corrected chi connectivity index (χ4v) is 1.18. The predicted molar refractivity (Wildman–Crippen MR) is 48.9 cm³/mol. The average Bonchev–Trinajstić information content (AvgIpc) is 2.02. The Hall–Kier alpha value is -0.570. The largest absolute Gasteiger partial charge is 0.550 e. The molecule has 0 aliphatic carbocycles. The number of carbonyl (C=O) groups excluding carboxylic acids is 1. The third-order valence-electron chi connectivity index (χ3n) is 2.16. The lowest BCUT2D eigenvalue weighted by Gasteiger charge is -2.11. The Kier molecular flexibility index (Phi) is 6.59. The first kappa shape index (κ1) is 12.4. The van der Waals surface area contributed by atoms with Gasteiger partial charge in [-0.3, -0.25) is 0 Å². The number of unbranched alkanes of at least 4 members (excludes halogenated alkanes) is 2. The van der Waals surface area contributed by atoms with E-state index in [2.05, 4.69) is 0 Å². The van der Waals surface area contributed by atoms with Gasteiger partial charge in [-0.1, -0.05) is 26.2 Å². The van der Waals surface area contributed by atoms with Gasteiger partial charge < -0.3 is 15.0 Å². The highest BCUT2D eigenvalue weighted by Crippen LogP contribution is 2.10. The maximum Gasteiger partial charge on any atom is 0.0512 e. The summed E-state index contributed by atoms with van der Waals surface area (Å²) in [5, 5.41) is 19.3. The third kappa shape index (κ3) is 7.78. The zero-order valence-electron chi connectivity index (χ0n) is 8.45. The number of rotatable bonds is 7. The van der Waals surface area contributed by atoms with Crippen LogP contribution in [0.1, 0.15) is 46.0 Å². The topological polar surface area (TPSA) is 60.4 Å². The van der Waals surface area contributed by atoms with Crippen LogP contribution in [0.2, 0.25) is 0 Å². The lowest BCUT2D eigenvalue weighted by Crippen LogP contribution is -2.29. The van der Waals surface area contributed by atoms with E-state index < -0.39 is 5.97 Å². The summed E-state index contributed by atoms with van der Waals surface area (Å²) in [6.45, 7) is 3.44. The van der Waals surface area contributed by atoms with Crippen LogP contribution in [0.5, 0.6) is 0 Å². The van der Waals surface area contributed by atoms with Gasteiger partial charge in [0.15, 0.2) is 0 Å². The SMILES string of the molecule is CC(O)CCCCCC(C)C(=O)[O-]. The smallest absolute Gasteiger partial charge is 0.0512 e. The molecule has 0 spiro atoms. The highest BCUT2D eigenvalue weighted by Gasteiger charge is 2.02. The maximum absolute atomic E-state index is 10.3. The molecule has 0 saturated heterocycles. The summed E-state index contributed by atoms with van der Waals surface area (Å²) in [4.78, 5) is 10.3. The Labute approximate surface area is 79.8 Å². The Balaban J connectivity index is 3.21. The zero-order chi connectivity index (χ0) is 10.3. The van der Waals surface area contributed by atoms with Crippen molar-refractivity contribution in [1.82, 2.24) is 0 Å². The van der Waals surface area contributed by atoms with E-state index in [-0.39, 0.29) is 12.0 Å². The van der Waals surface area contributed by atoms with Crippen molar-refractivity contribution in [2.45, 2.75) is 52.1 Å². The molecule has 0 aliphatic rings. The standard InChI is InChI=1S/C10H20O3/c1-8(10(12)13)6-4-3-5-7-9(2)11/h8-9,11H,3-7H2,1-2H3,(H,12,13)/p-1. The quantitative estimate of drug-likeness (QED) is 0.597. The number of hydrogen-bond acceptors (Lipinski definition) is 3. The second kappa shape index (κ2) is 6.89. The van der Waals surface area contributed by atoms with Gasteiger partial charge in [-0.25, -0.2) is 0 Å². The van der Waals surface area contributed by atoms with Gasteiger partial charge in [0.25, 0.3) is 0 Å². The minimum atomic E-state index is -0.962. The van der Waals surface area contributed by atoms with Crippen LogP contribution in [-0.4, -0.2) is 17.2 Å². The number of aliphatic hydroxyl groups excluding tert-OH is 1. The minimum Gasteiger partial charge on any atom is -0.550 e. The molecular weight excluding hydrogens is 168 g/mol. The molecule has 3 heteroatoms. The molecule has 0 amide bonds. The van der Waals surface area contributed by atoms with Crippen LogP contribution in [0.4, 0.5) is 0 Å². The molecule has 0 bridgehead atoms. The summed E-state index contributed by atoms with van der Waals surface area (Å²) < 4.78 is 0. The molecule has 0 saturated carbocycles. The van der Waals surface area contributed by atoms with Gasteiger partial charge in [0.2, 0.25) is 0 Å². The lowest BCUT2D eigenvalue weighted by atomic mass is 10.0. The first-order valence-corrected chi connectivity index (χ1v) is 4.93. The first-order chi connectivity index (χ1) is 6.04. The zero-order valence-corrected chi connectivity index (χ0v) is 8.45. The van der Waals surface area contributed by atoms with E-state index in [0.717, 1.165) is 25.7 Å². The molecule has 0 radical (unpaired) electrons. The van der Waals surface area contributed by atoms with E-state index in [4.69, 9.17) is 5.11 Å². The van der Waals surface area contributed by atoms with Crippen molar-refractivity contribution in [2.75, 3.05) is 0 Å². The fraction of sp³-hybridized carbons (Fsp3) is 0.900. The lowest BCUT2D eigenvalue weighted by molar-refractivity contribution is -0.311. The third-order valence-corrected chi connectivity index (χ3v) is 2.16. The molecule has 0 rings (SSSR count). The van der Waals surface area contributed by atoms with E-state index in [0.29, 0.717) is 6.42 Å². The van der Waals surface area contributed by atoms with Crippen LogP contribution in [0, 0.1) is 5.92 Å². The van der Waals surface area contributed by atoms with Gasteiger partial charge in [0.1, 0.15) is 0 Å². The van der Waals surface area contributed by atoms with Gasteiger partial charge >= 0.3 is 0 Å². The highest BCUT2D eigenvalue weighted by atomic mass is 16.4. The molecule has 0 aromatic heterocycles. The minimum absolute atomic E-state index is 0.237. The van der Waals surface area contributed by atoms with E-state index in [1.807, 2.05) is 0 Å². The van der Waals surface area contributed by atoms with E-state index in [1.165, 1.54) is 0 Å². The molecular formula is C10H19O3-. The summed E-state index contributed by atoms with van der Waals surface area (Å²) in [6, 6.07) is 0. The van der Waals surface area contributed by atoms with Crippen LogP contribution in [0.15, 0.2) is 0 Å². The molecule has 0 aromatic rings. The van der Waals surface area contributed by atoms with Crippen molar-refractivity contribution in [1.29, 1.82) is 0 Å². The van der Waals surface area contributed by atoms with Gasteiger partial charge in [0.05, 0.1) is 6.10 Å². The van der Waals surface area contributed by atoms with E-state index in [1.54, 1.807) is 13.8 Å². The first-order valence-electron chi connectivity index (χ1n) is 4.93. The number of carbonyl (C=O) groups is 1. The number of carboxylic acid groups (broad SMARTS) is 1. The van der Waals surface area contributed by atoms with Gasteiger partial charge in [-0.15, -0.1) is 0 Å². The van der Waals surface area contributed by atoms with E-state index in [9.17, 15) is 9.90 Å². The Morgan fingerprint density at radius 2 is 1.77 bits per heavy atom. The Bertz CT molecular complexity index is 143. The molecule has 2 unspecified atom stereocenters. The van der Waals surface area contributed by atoms with Gasteiger partial charge in [-0.05, 0) is 25.7 Å². The number of hydrogen-bond donors (Lipinski definition) is 1. The summed E-state index contributed by atoms with van der Waals surface area (Å²) in [5.74, 6) is -1.30. The highest BCUT2D eigenvalue weighted by molar-refractivity contribution is 5.66. The van der Waals surface area contributed by atoms with Crippen molar-refractivity contribution in [2.24, 2.45) is 5.92 Å². The second-order valence-electron chi connectivity index (χ2n) is 3.71. The molecule has 13 heavy (non-hydrogen) atoms. The van der Waals surface area contributed by atoms with Crippen molar-refractivity contribution in [3.8, 4) is 0 Å². The molecule has 78 valence electrons. The van der Waals surface area contributed by atoms with E-state index >= 15 is 0 Å². The number of aliphatic carboxylic acids is 1. The van der Waals surface area contributed by atoms with Crippen molar-refractivity contribution in [3.63, 3.8) is 0 Å². The van der Waals surface area contributed by atoms with Gasteiger partial charge in [0, 0.05) is 5.97 Å². The molecule has 0 aliphatic heterocycles. The Morgan fingerprint density at radius 1 is 1.23 bits per heavy atom. The normalized spacial score (nSPS) is 15.3. The van der Waals surface area contributed by atoms with Crippen LogP contribution in [0.3, 0.4) is 0 Å². The molecule has 1 N–H and O–H groups in total. The van der Waals surface area contributed by atoms with Crippen molar-refractivity contribution < 1.29 is 15.0 Å². The summed E-state index contributed by atoms with van der Waals surface area (Å²) in [7, 11) is 0.